The Bertz CT molecular complexity index is 942. The monoisotopic (exact) mass is 348 g/mol. The first-order chi connectivity index (χ1) is 12.6. The molecule has 2 aromatic carbocycles. The van der Waals surface area contributed by atoms with Crippen LogP contribution in [0.1, 0.15) is 18.1 Å². The first-order valence-corrected chi connectivity index (χ1v) is 8.41. The molecule has 3 rings (SSSR count). The third-order valence-corrected chi connectivity index (χ3v) is 3.94. The van der Waals surface area contributed by atoms with Crippen molar-refractivity contribution >= 4 is 28.9 Å². The van der Waals surface area contributed by atoms with Crippen LogP contribution in [0.5, 0.6) is 5.75 Å². The van der Waals surface area contributed by atoms with Gasteiger partial charge in [-0.05, 0) is 41.8 Å². The molecule has 3 aromatic rings. The van der Waals surface area contributed by atoms with Gasteiger partial charge >= 0.3 is 5.97 Å². The van der Waals surface area contributed by atoms with E-state index in [-0.39, 0.29) is 5.91 Å². The van der Waals surface area contributed by atoms with Gasteiger partial charge in [-0.25, -0.2) is 4.79 Å². The summed E-state index contributed by atoms with van der Waals surface area (Å²) in [4.78, 5) is 26.2. The topological polar surface area (TPSA) is 71.2 Å². The van der Waals surface area contributed by atoms with Crippen LogP contribution >= 0.6 is 0 Å². The van der Waals surface area contributed by atoms with E-state index in [0.29, 0.717) is 18.7 Å². The van der Waals surface area contributed by atoms with Crippen molar-refractivity contribution in [2.45, 2.75) is 13.3 Å². The number of H-pyrrole nitrogens is 1. The van der Waals surface area contributed by atoms with Crippen LogP contribution in [0.3, 0.4) is 0 Å². The van der Waals surface area contributed by atoms with Crippen molar-refractivity contribution in [3.05, 3.63) is 71.9 Å². The van der Waals surface area contributed by atoms with Gasteiger partial charge in [-0.3, -0.25) is 4.79 Å². The van der Waals surface area contributed by atoms with Crippen molar-refractivity contribution in [3.8, 4) is 5.75 Å². The number of ether oxygens (including phenoxy) is 1. The highest BCUT2D eigenvalue weighted by Crippen LogP contribution is 2.24. The van der Waals surface area contributed by atoms with Crippen LogP contribution < -0.4 is 10.1 Å². The van der Waals surface area contributed by atoms with E-state index in [4.69, 9.17) is 4.74 Å². The van der Waals surface area contributed by atoms with Gasteiger partial charge in [0, 0.05) is 36.6 Å². The number of aromatic amines is 1. The molecule has 5 nitrogen and oxygen atoms in total. The predicted octanol–water partition coefficient (Wildman–Crippen LogP) is 3.47. The van der Waals surface area contributed by atoms with Crippen LogP contribution in [-0.2, 0) is 16.0 Å². The number of fused-ring (bicyclic) bond motifs is 1. The molecular weight excluding hydrogens is 328 g/mol. The normalized spacial score (nSPS) is 11.0. The lowest BCUT2D eigenvalue weighted by Crippen LogP contribution is -2.22. The van der Waals surface area contributed by atoms with E-state index in [1.54, 1.807) is 12.1 Å². The van der Waals surface area contributed by atoms with Crippen molar-refractivity contribution in [2.24, 2.45) is 0 Å². The van der Waals surface area contributed by atoms with E-state index in [1.165, 1.54) is 13.0 Å². The third kappa shape index (κ3) is 4.60. The summed E-state index contributed by atoms with van der Waals surface area (Å²) in [6.07, 6.45) is 5.74. The molecule has 0 atom stereocenters. The summed E-state index contributed by atoms with van der Waals surface area (Å²) in [7, 11) is 0. The van der Waals surface area contributed by atoms with E-state index < -0.39 is 5.97 Å². The van der Waals surface area contributed by atoms with Crippen LogP contribution in [0.25, 0.3) is 17.0 Å². The molecule has 26 heavy (non-hydrogen) atoms. The Morgan fingerprint density at radius 2 is 1.96 bits per heavy atom. The maximum Gasteiger partial charge on any atom is 0.336 e. The molecule has 0 spiro atoms. The number of hydrogen-bond acceptors (Lipinski definition) is 3. The minimum absolute atomic E-state index is 0.0512. The van der Waals surface area contributed by atoms with Gasteiger partial charge in [-0.2, -0.15) is 0 Å². The lowest BCUT2D eigenvalue weighted by Gasteiger charge is -2.04. The lowest BCUT2D eigenvalue weighted by atomic mass is 10.1. The van der Waals surface area contributed by atoms with Crippen molar-refractivity contribution in [2.75, 3.05) is 6.54 Å². The minimum Gasteiger partial charge on any atom is -0.423 e. The number of benzene rings is 2. The Morgan fingerprint density at radius 1 is 1.15 bits per heavy atom. The van der Waals surface area contributed by atoms with Crippen molar-refractivity contribution < 1.29 is 14.3 Å². The van der Waals surface area contributed by atoms with Crippen molar-refractivity contribution in [3.63, 3.8) is 0 Å². The van der Waals surface area contributed by atoms with Crippen LogP contribution in [-0.4, -0.2) is 23.4 Å². The summed E-state index contributed by atoms with van der Waals surface area (Å²) in [6, 6.07) is 15.0. The number of carbonyl (C=O) groups excluding carboxylic acids is 2. The first kappa shape index (κ1) is 17.5. The number of nitrogens with one attached hydrogen (secondary N) is 2. The molecule has 0 radical (unpaired) electrons. The van der Waals surface area contributed by atoms with Crippen LogP contribution in [0.2, 0.25) is 0 Å². The fourth-order valence-corrected chi connectivity index (χ4v) is 2.68. The molecule has 0 unspecified atom stereocenters. The average molecular weight is 348 g/mol. The summed E-state index contributed by atoms with van der Waals surface area (Å²) in [5.41, 5.74) is 2.96. The molecule has 0 aliphatic carbocycles. The molecule has 0 aliphatic heterocycles. The van der Waals surface area contributed by atoms with E-state index in [0.717, 1.165) is 22.0 Å². The molecule has 1 heterocycles. The molecule has 5 heteroatoms. The molecule has 0 aliphatic rings. The highest BCUT2D eigenvalue weighted by atomic mass is 16.5. The molecule has 2 N–H and O–H groups in total. The molecule has 1 amide bonds. The lowest BCUT2D eigenvalue weighted by molar-refractivity contribution is -0.128. The molecule has 132 valence electrons. The number of aromatic nitrogens is 1. The third-order valence-electron chi connectivity index (χ3n) is 3.94. The minimum atomic E-state index is -0.427. The first-order valence-electron chi connectivity index (χ1n) is 8.41. The average Bonchev–Trinajstić information content (AvgIpc) is 3.03. The summed E-state index contributed by atoms with van der Waals surface area (Å²) in [5.74, 6) is 0.00814. The maximum atomic E-state index is 12.0. The van der Waals surface area contributed by atoms with Gasteiger partial charge in [-0.1, -0.05) is 30.3 Å². The highest BCUT2D eigenvalue weighted by molar-refractivity contribution is 5.90. The standard InChI is InChI=1S/C21H20N2O3/c1-15(24)22-12-11-17-14-23-20-9-8-18(13-19(17)20)26-21(25)10-7-16-5-3-2-4-6-16/h2-10,13-14,23H,11-12H2,1H3,(H,22,24). The molecule has 0 bridgehead atoms. The Balaban J connectivity index is 1.69. The van der Waals surface area contributed by atoms with Crippen LogP contribution in [0.15, 0.2) is 60.8 Å². The smallest absolute Gasteiger partial charge is 0.336 e. The number of rotatable bonds is 6. The molecule has 0 saturated heterocycles. The van der Waals surface area contributed by atoms with Gasteiger partial charge in [0.05, 0.1) is 0 Å². The number of esters is 1. The number of hydrogen-bond donors (Lipinski definition) is 2. The zero-order chi connectivity index (χ0) is 18.4. The van der Waals surface area contributed by atoms with Gasteiger partial charge in [0.2, 0.25) is 5.91 Å². The fraction of sp³-hybridized carbons (Fsp3) is 0.143. The van der Waals surface area contributed by atoms with Gasteiger partial charge < -0.3 is 15.0 Å². The van der Waals surface area contributed by atoms with Crippen LogP contribution in [0, 0.1) is 0 Å². The van der Waals surface area contributed by atoms with Gasteiger partial charge in [0.1, 0.15) is 5.75 Å². The summed E-state index contributed by atoms with van der Waals surface area (Å²) in [5, 5.41) is 3.76. The summed E-state index contributed by atoms with van der Waals surface area (Å²) in [6.45, 7) is 2.06. The number of amides is 1. The zero-order valence-electron chi connectivity index (χ0n) is 14.5. The predicted molar refractivity (Wildman–Crippen MR) is 102 cm³/mol. The van der Waals surface area contributed by atoms with Crippen LogP contribution in [0.4, 0.5) is 0 Å². The van der Waals surface area contributed by atoms with Gasteiger partial charge in [0.15, 0.2) is 0 Å². The van der Waals surface area contributed by atoms with Crippen molar-refractivity contribution in [1.29, 1.82) is 0 Å². The van der Waals surface area contributed by atoms with E-state index in [9.17, 15) is 9.59 Å². The Labute approximate surface area is 151 Å². The van der Waals surface area contributed by atoms with Gasteiger partial charge in [0.25, 0.3) is 0 Å². The molecular formula is C21H20N2O3. The quantitative estimate of drug-likeness (QED) is 0.407. The SMILES string of the molecule is CC(=O)NCCc1c[nH]c2ccc(OC(=O)C=Cc3ccccc3)cc12. The van der Waals surface area contributed by atoms with Gasteiger partial charge in [-0.15, -0.1) is 0 Å². The summed E-state index contributed by atoms with van der Waals surface area (Å²) >= 11 is 0. The molecule has 0 saturated carbocycles. The Kier molecular flexibility index (Phi) is 5.49. The Hall–Kier alpha value is -3.34. The second kappa shape index (κ2) is 8.16. The largest absolute Gasteiger partial charge is 0.423 e. The Morgan fingerprint density at radius 3 is 2.73 bits per heavy atom. The molecule has 0 fully saturated rings. The van der Waals surface area contributed by atoms with Crippen molar-refractivity contribution in [1.82, 2.24) is 10.3 Å². The summed E-state index contributed by atoms with van der Waals surface area (Å²) < 4.78 is 5.40. The van der Waals surface area contributed by atoms with E-state index in [1.807, 2.05) is 48.7 Å². The maximum absolute atomic E-state index is 12.0. The second-order valence-corrected chi connectivity index (χ2v) is 5.92. The zero-order valence-corrected chi connectivity index (χ0v) is 14.5. The highest BCUT2D eigenvalue weighted by Gasteiger charge is 2.07. The van der Waals surface area contributed by atoms with E-state index >= 15 is 0 Å². The fourth-order valence-electron chi connectivity index (χ4n) is 2.68. The van der Waals surface area contributed by atoms with E-state index in [2.05, 4.69) is 10.3 Å². The number of carbonyl (C=O) groups is 2. The molecule has 1 aromatic heterocycles. The second-order valence-electron chi connectivity index (χ2n) is 5.92.